The topological polar surface area (TPSA) is 71.8 Å². The van der Waals surface area contributed by atoms with E-state index in [2.05, 4.69) is 34.4 Å². The molecule has 7 heteroatoms. The number of rotatable bonds is 5. The number of nitrogens with zero attached hydrogens (tertiary/aromatic N) is 3. The molecule has 0 aliphatic carbocycles. The first-order valence-electron chi connectivity index (χ1n) is 7.73. The molecule has 0 amide bonds. The zero-order chi connectivity index (χ0) is 16.4. The highest BCUT2D eigenvalue weighted by molar-refractivity contribution is 7.80. The van der Waals surface area contributed by atoms with Gasteiger partial charge in [-0.2, -0.15) is 0 Å². The van der Waals surface area contributed by atoms with Crippen LogP contribution in [0.1, 0.15) is 38.8 Å². The Hall–Kier alpha value is -2.28. The van der Waals surface area contributed by atoms with Crippen LogP contribution >= 0.6 is 12.2 Å². The van der Waals surface area contributed by atoms with Gasteiger partial charge in [-0.05, 0) is 31.0 Å². The van der Waals surface area contributed by atoms with E-state index in [1.165, 1.54) is 6.33 Å². The Bertz CT molecular complexity index is 789. The molecular weight excluding hydrogens is 310 g/mol. The third-order valence-electron chi connectivity index (χ3n) is 4.18. The number of nitrogens with one attached hydrogen (secondary N) is 2. The fourth-order valence-electron chi connectivity index (χ4n) is 3.08. The fourth-order valence-corrected chi connectivity index (χ4v) is 3.43. The van der Waals surface area contributed by atoms with Gasteiger partial charge in [-0.15, -0.1) is 0 Å². The predicted molar refractivity (Wildman–Crippen MR) is 94.0 cm³/mol. The average Bonchev–Trinajstić information content (AvgIpc) is 2.85. The van der Waals surface area contributed by atoms with Gasteiger partial charge in [0.25, 0.3) is 5.56 Å². The number of hydrogen-bond donors (Lipinski definition) is 2. The SMILES string of the molecule is CCCC1(CC)NC(=S)c2ccc(Nc3ccncn3)c(=O)n21. The molecule has 0 spiro atoms. The smallest absolute Gasteiger partial charge is 0.276 e. The lowest BCUT2D eigenvalue weighted by molar-refractivity contribution is 0.233. The number of pyridine rings is 1. The number of aromatic nitrogens is 3. The Labute approximate surface area is 140 Å². The summed E-state index contributed by atoms with van der Waals surface area (Å²) in [6.07, 6.45) is 5.65. The van der Waals surface area contributed by atoms with Gasteiger partial charge < -0.3 is 10.6 Å². The van der Waals surface area contributed by atoms with E-state index < -0.39 is 5.66 Å². The zero-order valence-corrected chi connectivity index (χ0v) is 14.0. The lowest BCUT2D eigenvalue weighted by atomic mass is 10.0. The molecular formula is C16H19N5OS. The molecule has 1 unspecified atom stereocenters. The van der Waals surface area contributed by atoms with E-state index >= 15 is 0 Å². The van der Waals surface area contributed by atoms with Gasteiger partial charge in [0.2, 0.25) is 0 Å². The molecule has 6 nitrogen and oxygen atoms in total. The Morgan fingerprint density at radius 1 is 1.35 bits per heavy atom. The van der Waals surface area contributed by atoms with Crippen LogP contribution in [-0.4, -0.2) is 19.5 Å². The minimum atomic E-state index is -0.443. The van der Waals surface area contributed by atoms with Crippen LogP contribution in [0.5, 0.6) is 0 Å². The molecule has 0 saturated heterocycles. The van der Waals surface area contributed by atoms with E-state index in [4.69, 9.17) is 12.2 Å². The van der Waals surface area contributed by atoms with Gasteiger partial charge in [0.05, 0.1) is 5.69 Å². The molecule has 3 rings (SSSR count). The van der Waals surface area contributed by atoms with Gasteiger partial charge in [0.15, 0.2) is 0 Å². The first kappa shape index (κ1) is 15.6. The molecule has 2 N–H and O–H groups in total. The molecule has 120 valence electrons. The standard InChI is InChI=1S/C16H19N5OS/c1-3-8-16(4-2)20-14(23)12-6-5-11(15(22)21(12)16)19-13-7-9-17-10-18-13/h5-7,9-10H,3-4,8H2,1-2H3,(H,20,23)(H,17,18,19). The molecule has 0 fully saturated rings. The van der Waals surface area contributed by atoms with Crippen molar-refractivity contribution >= 4 is 28.7 Å². The number of anilines is 2. The predicted octanol–water partition coefficient (Wildman–Crippen LogP) is 2.52. The summed E-state index contributed by atoms with van der Waals surface area (Å²) in [6.45, 7) is 4.17. The molecule has 2 aromatic heterocycles. The van der Waals surface area contributed by atoms with Crippen LogP contribution in [0.4, 0.5) is 11.5 Å². The summed E-state index contributed by atoms with van der Waals surface area (Å²) in [7, 11) is 0. The van der Waals surface area contributed by atoms with Crippen molar-refractivity contribution in [2.24, 2.45) is 0 Å². The van der Waals surface area contributed by atoms with Gasteiger partial charge in [-0.3, -0.25) is 9.36 Å². The van der Waals surface area contributed by atoms with Crippen LogP contribution in [0.15, 0.2) is 35.5 Å². The van der Waals surface area contributed by atoms with E-state index in [0.29, 0.717) is 16.5 Å². The maximum absolute atomic E-state index is 13.0. The van der Waals surface area contributed by atoms with E-state index in [-0.39, 0.29) is 5.56 Å². The zero-order valence-electron chi connectivity index (χ0n) is 13.2. The third-order valence-corrected chi connectivity index (χ3v) is 4.49. The van der Waals surface area contributed by atoms with Crippen molar-refractivity contribution in [3.05, 3.63) is 46.8 Å². The fraction of sp³-hybridized carbons (Fsp3) is 0.375. The van der Waals surface area contributed by atoms with Crippen LogP contribution in [0.25, 0.3) is 0 Å². The maximum atomic E-state index is 13.0. The molecule has 0 saturated carbocycles. The van der Waals surface area contributed by atoms with Gasteiger partial charge in [-0.25, -0.2) is 9.97 Å². The first-order chi connectivity index (χ1) is 11.1. The molecule has 1 atom stereocenters. The Kier molecular flexibility index (Phi) is 4.12. The maximum Gasteiger partial charge on any atom is 0.276 e. The van der Waals surface area contributed by atoms with Crippen molar-refractivity contribution in [1.82, 2.24) is 19.9 Å². The molecule has 23 heavy (non-hydrogen) atoms. The Morgan fingerprint density at radius 3 is 2.83 bits per heavy atom. The molecule has 1 aliphatic rings. The summed E-state index contributed by atoms with van der Waals surface area (Å²) in [5.74, 6) is 0.587. The molecule has 3 heterocycles. The first-order valence-corrected chi connectivity index (χ1v) is 8.14. The van der Waals surface area contributed by atoms with Crippen LogP contribution in [0.2, 0.25) is 0 Å². The van der Waals surface area contributed by atoms with E-state index in [9.17, 15) is 4.79 Å². The lowest BCUT2D eigenvalue weighted by Gasteiger charge is -2.30. The minimum Gasteiger partial charge on any atom is -0.352 e. The van der Waals surface area contributed by atoms with Gasteiger partial charge in [0, 0.05) is 6.20 Å². The average molecular weight is 329 g/mol. The monoisotopic (exact) mass is 329 g/mol. The second kappa shape index (κ2) is 6.08. The summed E-state index contributed by atoms with van der Waals surface area (Å²) >= 11 is 5.42. The number of hydrogen-bond acceptors (Lipinski definition) is 5. The quantitative estimate of drug-likeness (QED) is 0.821. The van der Waals surface area contributed by atoms with Crippen molar-refractivity contribution in [3.63, 3.8) is 0 Å². The van der Waals surface area contributed by atoms with Gasteiger partial charge in [0.1, 0.15) is 28.5 Å². The second-order valence-electron chi connectivity index (χ2n) is 5.58. The van der Waals surface area contributed by atoms with Crippen LogP contribution in [-0.2, 0) is 5.66 Å². The van der Waals surface area contributed by atoms with Crippen LogP contribution in [0.3, 0.4) is 0 Å². The van der Waals surface area contributed by atoms with Crippen molar-refractivity contribution in [2.75, 3.05) is 5.32 Å². The normalized spacial score (nSPS) is 19.3. The molecule has 0 radical (unpaired) electrons. The number of fused-ring (bicyclic) bond motifs is 1. The van der Waals surface area contributed by atoms with Gasteiger partial charge >= 0.3 is 0 Å². The minimum absolute atomic E-state index is 0.0937. The summed E-state index contributed by atoms with van der Waals surface area (Å²) in [5, 5.41) is 6.42. The Morgan fingerprint density at radius 2 is 2.17 bits per heavy atom. The van der Waals surface area contributed by atoms with Crippen molar-refractivity contribution < 1.29 is 0 Å². The Balaban J connectivity index is 2.09. The lowest BCUT2D eigenvalue weighted by Crippen LogP contribution is -2.46. The van der Waals surface area contributed by atoms with Crippen molar-refractivity contribution in [3.8, 4) is 0 Å². The highest BCUT2D eigenvalue weighted by atomic mass is 32.1. The van der Waals surface area contributed by atoms with Crippen LogP contribution in [0, 0.1) is 0 Å². The van der Waals surface area contributed by atoms with Gasteiger partial charge in [-0.1, -0.05) is 32.5 Å². The third kappa shape index (κ3) is 2.61. The van der Waals surface area contributed by atoms with Crippen molar-refractivity contribution in [2.45, 2.75) is 38.8 Å². The number of thiocarbonyl (C=S) groups is 1. The highest BCUT2D eigenvalue weighted by Crippen LogP contribution is 2.30. The highest BCUT2D eigenvalue weighted by Gasteiger charge is 2.39. The summed E-state index contributed by atoms with van der Waals surface area (Å²) in [5.41, 5.74) is 0.715. The summed E-state index contributed by atoms with van der Waals surface area (Å²) < 4.78 is 1.79. The largest absolute Gasteiger partial charge is 0.352 e. The summed E-state index contributed by atoms with van der Waals surface area (Å²) in [6, 6.07) is 5.36. The molecule has 0 aromatic carbocycles. The van der Waals surface area contributed by atoms with E-state index in [0.717, 1.165) is 25.0 Å². The van der Waals surface area contributed by atoms with Crippen molar-refractivity contribution in [1.29, 1.82) is 0 Å². The molecule has 0 bridgehead atoms. The van der Waals surface area contributed by atoms with E-state index in [1.807, 2.05) is 6.07 Å². The molecule has 2 aromatic rings. The molecule has 1 aliphatic heterocycles. The van der Waals surface area contributed by atoms with Crippen LogP contribution < -0.4 is 16.2 Å². The summed E-state index contributed by atoms with van der Waals surface area (Å²) in [4.78, 5) is 21.6. The van der Waals surface area contributed by atoms with E-state index in [1.54, 1.807) is 22.9 Å². The second-order valence-corrected chi connectivity index (χ2v) is 5.99.